The Morgan fingerprint density at radius 1 is 0.528 bits per heavy atom. The summed E-state index contributed by atoms with van der Waals surface area (Å²) in [6, 6.07) is 40.3. The van der Waals surface area contributed by atoms with Crippen molar-refractivity contribution in [1.29, 1.82) is 0 Å². The number of H-pyrrole nitrogens is 1. The van der Waals surface area contributed by atoms with E-state index in [9.17, 15) is 0 Å². The minimum absolute atomic E-state index is 0.0329. The summed E-state index contributed by atoms with van der Waals surface area (Å²) in [5.41, 5.74) is 10.5. The van der Waals surface area contributed by atoms with E-state index < -0.39 is 0 Å². The van der Waals surface area contributed by atoms with Gasteiger partial charge in [-0.1, -0.05) is 105 Å². The van der Waals surface area contributed by atoms with Crippen LogP contribution in [0.5, 0.6) is 0 Å². The first-order valence-electron chi connectivity index (χ1n) is 12.7. The highest BCUT2D eigenvalue weighted by Gasteiger charge is 2.36. The van der Waals surface area contributed by atoms with Crippen molar-refractivity contribution in [3.05, 3.63) is 120 Å². The first kappa shape index (κ1) is 19.9. The second-order valence-electron chi connectivity index (χ2n) is 10.7. The molecule has 0 fully saturated rings. The van der Waals surface area contributed by atoms with Crippen molar-refractivity contribution in [3.63, 3.8) is 0 Å². The predicted octanol–water partition coefficient (Wildman–Crippen LogP) is 9.60. The number of aromatic nitrogens is 1. The number of fused-ring (bicyclic) bond motifs is 10. The average molecular weight is 460 g/mol. The van der Waals surface area contributed by atoms with E-state index in [0.29, 0.717) is 0 Å². The molecule has 0 saturated carbocycles. The Morgan fingerprint density at radius 3 is 2.17 bits per heavy atom. The van der Waals surface area contributed by atoms with Crippen LogP contribution in [0.15, 0.2) is 109 Å². The van der Waals surface area contributed by atoms with Gasteiger partial charge in [0.05, 0.1) is 0 Å². The van der Waals surface area contributed by atoms with Crippen molar-refractivity contribution < 1.29 is 0 Å². The van der Waals surface area contributed by atoms with E-state index in [1.165, 1.54) is 76.7 Å². The number of rotatable bonds is 1. The fraction of sp³-hybridized carbons (Fsp3) is 0.0857. The lowest BCUT2D eigenvalue weighted by atomic mass is 9.80. The third kappa shape index (κ3) is 2.50. The minimum Gasteiger partial charge on any atom is -0.354 e. The summed E-state index contributed by atoms with van der Waals surface area (Å²) in [6.07, 6.45) is 0. The Balaban J connectivity index is 1.43. The molecule has 0 bridgehead atoms. The highest BCUT2D eigenvalue weighted by atomic mass is 14.7. The van der Waals surface area contributed by atoms with Gasteiger partial charge in [0, 0.05) is 27.2 Å². The monoisotopic (exact) mass is 459 g/mol. The Morgan fingerprint density at radius 2 is 1.28 bits per heavy atom. The largest absolute Gasteiger partial charge is 0.354 e. The summed E-state index contributed by atoms with van der Waals surface area (Å²) in [7, 11) is 0. The highest BCUT2D eigenvalue weighted by molar-refractivity contribution is 6.21. The van der Waals surface area contributed by atoms with Crippen molar-refractivity contribution in [3.8, 4) is 22.3 Å². The molecule has 1 aromatic heterocycles. The highest BCUT2D eigenvalue weighted by Crippen LogP contribution is 2.53. The van der Waals surface area contributed by atoms with Crippen LogP contribution >= 0.6 is 0 Å². The van der Waals surface area contributed by atoms with E-state index in [0.717, 1.165) is 0 Å². The van der Waals surface area contributed by atoms with Gasteiger partial charge >= 0.3 is 0 Å². The molecule has 36 heavy (non-hydrogen) atoms. The molecular weight excluding hydrogens is 434 g/mol. The fourth-order valence-corrected chi connectivity index (χ4v) is 6.63. The van der Waals surface area contributed by atoms with E-state index >= 15 is 0 Å². The molecule has 1 nitrogen and oxygen atoms in total. The second kappa shape index (κ2) is 6.86. The quantitative estimate of drug-likeness (QED) is 0.251. The molecule has 0 amide bonds. The maximum Gasteiger partial charge on any atom is 0.0471 e. The lowest BCUT2D eigenvalue weighted by Gasteiger charge is -2.23. The average Bonchev–Trinajstić information content (AvgIpc) is 3.40. The Hall–Kier alpha value is -4.36. The number of hydrogen-bond donors (Lipinski definition) is 1. The molecule has 1 heterocycles. The van der Waals surface area contributed by atoms with Crippen LogP contribution in [-0.2, 0) is 5.41 Å². The molecule has 0 unspecified atom stereocenters. The SMILES string of the molecule is CC1(C)c2ccccc2-c2c1cc(-c1ccc3c(c1)[nH]c1ccc4ccccc4c13)c1ccccc21. The lowest BCUT2D eigenvalue weighted by molar-refractivity contribution is 0.661. The van der Waals surface area contributed by atoms with Crippen molar-refractivity contribution in [2.24, 2.45) is 0 Å². The summed E-state index contributed by atoms with van der Waals surface area (Å²) in [6.45, 7) is 4.73. The molecule has 6 aromatic carbocycles. The van der Waals surface area contributed by atoms with Crippen LogP contribution in [0.25, 0.3) is 65.6 Å². The molecule has 1 N–H and O–H groups in total. The number of nitrogens with one attached hydrogen (secondary N) is 1. The van der Waals surface area contributed by atoms with E-state index in [1.54, 1.807) is 0 Å². The first-order valence-corrected chi connectivity index (χ1v) is 12.7. The first-order chi connectivity index (χ1) is 17.6. The van der Waals surface area contributed by atoms with Gasteiger partial charge in [0.1, 0.15) is 0 Å². The molecule has 1 aliphatic carbocycles. The van der Waals surface area contributed by atoms with Gasteiger partial charge in [-0.25, -0.2) is 0 Å². The van der Waals surface area contributed by atoms with Gasteiger partial charge in [-0.05, 0) is 73.1 Å². The number of benzene rings is 6. The number of hydrogen-bond acceptors (Lipinski definition) is 0. The van der Waals surface area contributed by atoms with E-state index in [-0.39, 0.29) is 5.41 Å². The zero-order valence-electron chi connectivity index (χ0n) is 20.4. The maximum atomic E-state index is 3.71. The Kier molecular flexibility index (Phi) is 3.79. The summed E-state index contributed by atoms with van der Waals surface area (Å²) in [5.74, 6) is 0. The van der Waals surface area contributed by atoms with Crippen LogP contribution in [0.3, 0.4) is 0 Å². The lowest BCUT2D eigenvalue weighted by Crippen LogP contribution is -2.15. The van der Waals surface area contributed by atoms with Crippen molar-refractivity contribution in [2.45, 2.75) is 19.3 Å². The molecular formula is C35H25N. The molecule has 170 valence electrons. The molecule has 1 heteroatoms. The fourth-order valence-electron chi connectivity index (χ4n) is 6.63. The molecule has 7 aromatic rings. The standard InChI is InChI=1S/C35H25N/c1-35(2)29-14-8-7-13-26(29)33-25-12-6-5-11-24(25)28(20-30(33)35)22-15-17-27-32(19-22)36-31-18-16-21-9-3-4-10-23(21)34(27)31/h3-20,36H,1-2H3. The Bertz CT molecular complexity index is 2020. The van der Waals surface area contributed by atoms with Gasteiger partial charge in [0.15, 0.2) is 0 Å². The summed E-state index contributed by atoms with van der Waals surface area (Å²) in [4.78, 5) is 3.71. The molecule has 0 radical (unpaired) electrons. The van der Waals surface area contributed by atoms with Gasteiger partial charge in [-0.2, -0.15) is 0 Å². The second-order valence-corrected chi connectivity index (χ2v) is 10.7. The van der Waals surface area contributed by atoms with Gasteiger partial charge in [-0.3, -0.25) is 0 Å². The zero-order chi connectivity index (χ0) is 24.0. The Labute approximate surface area is 210 Å². The van der Waals surface area contributed by atoms with E-state index in [2.05, 4.69) is 128 Å². The topological polar surface area (TPSA) is 15.8 Å². The summed E-state index contributed by atoms with van der Waals surface area (Å²) in [5, 5.41) is 7.82. The third-order valence-electron chi connectivity index (χ3n) is 8.39. The van der Waals surface area contributed by atoms with Crippen molar-refractivity contribution in [2.75, 3.05) is 0 Å². The minimum atomic E-state index is -0.0329. The molecule has 0 aliphatic heterocycles. The van der Waals surface area contributed by atoms with Gasteiger partial charge < -0.3 is 4.98 Å². The molecule has 0 spiro atoms. The predicted molar refractivity (Wildman–Crippen MR) is 154 cm³/mol. The van der Waals surface area contributed by atoms with Gasteiger partial charge in [0.2, 0.25) is 0 Å². The van der Waals surface area contributed by atoms with Crippen molar-refractivity contribution >= 4 is 43.4 Å². The van der Waals surface area contributed by atoms with Crippen LogP contribution in [0.2, 0.25) is 0 Å². The molecule has 1 aliphatic rings. The van der Waals surface area contributed by atoms with Crippen molar-refractivity contribution in [1.82, 2.24) is 4.98 Å². The normalized spacial score (nSPS) is 14.1. The van der Waals surface area contributed by atoms with Crippen LogP contribution in [0.1, 0.15) is 25.0 Å². The smallest absolute Gasteiger partial charge is 0.0471 e. The summed E-state index contributed by atoms with van der Waals surface area (Å²) < 4.78 is 0. The van der Waals surface area contributed by atoms with Crippen LogP contribution in [0.4, 0.5) is 0 Å². The zero-order valence-corrected chi connectivity index (χ0v) is 20.4. The summed E-state index contributed by atoms with van der Waals surface area (Å²) >= 11 is 0. The van der Waals surface area contributed by atoms with E-state index in [1.807, 2.05) is 0 Å². The maximum absolute atomic E-state index is 3.71. The van der Waals surface area contributed by atoms with Crippen LogP contribution in [0, 0.1) is 0 Å². The van der Waals surface area contributed by atoms with Gasteiger partial charge in [0.25, 0.3) is 0 Å². The molecule has 0 atom stereocenters. The van der Waals surface area contributed by atoms with Gasteiger partial charge in [-0.15, -0.1) is 0 Å². The van der Waals surface area contributed by atoms with E-state index in [4.69, 9.17) is 0 Å². The number of aromatic amines is 1. The molecule has 0 saturated heterocycles. The van der Waals surface area contributed by atoms with Crippen LogP contribution in [-0.4, -0.2) is 4.98 Å². The molecule has 8 rings (SSSR count). The third-order valence-corrected chi connectivity index (χ3v) is 8.39. The van der Waals surface area contributed by atoms with Crippen LogP contribution < -0.4 is 0 Å².